The highest BCUT2D eigenvalue weighted by molar-refractivity contribution is 7.17. The second-order valence-corrected chi connectivity index (χ2v) is 5.96. The summed E-state index contributed by atoms with van der Waals surface area (Å²) in [6.45, 7) is 3.44. The van der Waals surface area contributed by atoms with Gasteiger partial charge in [-0.2, -0.15) is 0 Å². The Morgan fingerprint density at radius 1 is 1.45 bits per heavy atom. The Morgan fingerprint density at radius 3 is 2.65 bits per heavy atom. The Hall–Kier alpha value is -2.00. The van der Waals surface area contributed by atoms with E-state index in [4.69, 9.17) is 10.8 Å². The van der Waals surface area contributed by atoms with E-state index in [1.165, 1.54) is 16.7 Å². The fourth-order valence-electron chi connectivity index (χ4n) is 1.54. The predicted molar refractivity (Wildman–Crippen MR) is 76.2 cm³/mol. The number of nitrogens with zero attached hydrogens (tertiary/aromatic N) is 2. The molecule has 0 aliphatic carbocycles. The first kappa shape index (κ1) is 14.4. The highest BCUT2D eigenvalue weighted by Gasteiger charge is 2.19. The van der Waals surface area contributed by atoms with Gasteiger partial charge in [-0.3, -0.25) is 4.79 Å². The van der Waals surface area contributed by atoms with Crippen molar-refractivity contribution >= 4 is 39.7 Å². The van der Waals surface area contributed by atoms with Crippen LogP contribution in [-0.4, -0.2) is 27.0 Å². The maximum atomic E-state index is 12.1. The fraction of sp³-hybridized carbons (Fsp3) is 0.273. The quantitative estimate of drug-likeness (QED) is 0.790. The van der Waals surface area contributed by atoms with Gasteiger partial charge in [-0.1, -0.05) is 11.3 Å². The average Bonchev–Trinajstić information content (AvgIpc) is 2.95. The van der Waals surface area contributed by atoms with E-state index < -0.39 is 5.97 Å². The molecular weight excluding hydrogens is 300 g/mol. The number of nitrogens with two attached hydrogens (primary N) is 1. The van der Waals surface area contributed by atoms with Crippen LogP contribution in [-0.2, 0) is 0 Å². The molecule has 20 heavy (non-hydrogen) atoms. The zero-order chi connectivity index (χ0) is 14.9. The van der Waals surface area contributed by atoms with Gasteiger partial charge >= 0.3 is 5.97 Å². The first-order valence-corrected chi connectivity index (χ1v) is 7.30. The summed E-state index contributed by atoms with van der Waals surface area (Å²) in [4.78, 5) is 31.2. The molecule has 2 heterocycles. The summed E-state index contributed by atoms with van der Waals surface area (Å²) in [5.74, 6) is -1.38. The minimum atomic E-state index is -1.09. The van der Waals surface area contributed by atoms with E-state index in [1.807, 2.05) is 0 Å². The predicted octanol–water partition coefficient (Wildman–Crippen LogP) is 1.68. The Bertz CT molecular complexity index is 664. The van der Waals surface area contributed by atoms with Crippen LogP contribution >= 0.6 is 22.7 Å². The largest absolute Gasteiger partial charge is 0.476 e. The van der Waals surface area contributed by atoms with Gasteiger partial charge in [0, 0.05) is 5.38 Å². The van der Waals surface area contributed by atoms with Crippen molar-refractivity contribution in [3.63, 3.8) is 0 Å². The third-order valence-corrected chi connectivity index (χ3v) is 4.49. The van der Waals surface area contributed by atoms with Gasteiger partial charge in [0.25, 0.3) is 5.91 Å². The normalized spacial score (nSPS) is 12.1. The number of aryl methyl sites for hydroxylation is 1. The van der Waals surface area contributed by atoms with Crippen molar-refractivity contribution in [1.82, 2.24) is 15.3 Å². The van der Waals surface area contributed by atoms with Crippen molar-refractivity contribution in [1.29, 1.82) is 0 Å². The van der Waals surface area contributed by atoms with Crippen LogP contribution in [0, 0.1) is 6.92 Å². The van der Waals surface area contributed by atoms with Crippen LogP contribution in [0.15, 0.2) is 5.38 Å². The highest BCUT2D eigenvalue weighted by atomic mass is 32.1. The van der Waals surface area contributed by atoms with Crippen LogP contribution in [0.4, 0.5) is 5.13 Å². The van der Waals surface area contributed by atoms with E-state index in [0.29, 0.717) is 20.7 Å². The van der Waals surface area contributed by atoms with E-state index in [0.717, 1.165) is 11.3 Å². The van der Waals surface area contributed by atoms with E-state index in [2.05, 4.69) is 15.3 Å². The summed E-state index contributed by atoms with van der Waals surface area (Å²) in [7, 11) is 0. The molecule has 0 spiro atoms. The summed E-state index contributed by atoms with van der Waals surface area (Å²) in [5.41, 5.74) is 6.10. The molecule has 2 aromatic rings. The average molecular weight is 312 g/mol. The first-order valence-electron chi connectivity index (χ1n) is 5.61. The smallest absolute Gasteiger partial charge is 0.355 e. The Morgan fingerprint density at radius 2 is 2.15 bits per heavy atom. The molecule has 1 atom stereocenters. The molecule has 0 aromatic carbocycles. The molecule has 0 fully saturated rings. The van der Waals surface area contributed by atoms with Gasteiger partial charge in [-0.25, -0.2) is 14.8 Å². The molecule has 0 radical (unpaired) electrons. The van der Waals surface area contributed by atoms with Gasteiger partial charge in [0.2, 0.25) is 0 Å². The van der Waals surface area contributed by atoms with Gasteiger partial charge in [0.05, 0.1) is 11.7 Å². The minimum absolute atomic E-state index is 0.0238. The third-order valence-electron chi connectivity index (χ3n) is 2.48. The van der Waals surface area contributed by atoms with Crippen molar-refractivity contribution in [2.75, 3.05) is 5.73 Å². The topological polar surface area (TPSA) is 118 Å². The number of hydrogen-bond acceptors (Lipinski definition) is 7. The van der Waals surface area contributed by atoms with Crippen LogP contribution in [0.5, 0.6) is 0 Å². The first-order chi connectivity index (χ1) is 9.38. The van der Waals surface area contributed by atoms with Gasteiger partial charge in [0.1, 0.15) is 9.88 Å². The molecule has 0 aliphatic rings. The SMILES string of the molecule is Cc1nc(N)sc1C(=O)NC(C)c1nc(C(=O)O)cs1. The number of amides is 1. The molecular formula is C11H12N4O3S2. The van der Waals surface area contributed by atoms with Gasteiger partial charge in [-0.15, -0.1) is 11.3 Å². The molecule has 0 saturated heterocycles. The lowest BCUT2D eigenvalue weighted by Gasteiger charge is -2.10. The monoisotopic (exact) mass is 312 g/mol. The second kappa shape index (κ2) is 5.55. The number of carbonyl (C=O) groups excluding carboxylic acids is 1. The van der Waals surface area contributed by atoms with Crippen molar-refractivity contribution < 1.29 is 14.7 Å². The highest BCUT2D eigenvalue weighted by Crippen LogP contribution is 2.22. The Balaban J connectivity index is 2.10. The lowest BCUT2D eigenvalue weighted by Crippen LogP contribution is -2.26. The van der Waals surface area contributed by atoms with Gasteiger partial charge in [-0.05, 0) is 13.8 Å². The van der Waals surface area contributed by atoms with Crippen LogP contribution in [0.2, 0.25) is 0 Å². The minimum Gasteiger partial charge on any atom is -0.476 e. The number of carboxylic acids is 1. The van der Waals surface area contributed by atoms with Crippen molar-refractivity contribution in [3.05, 3.63) is 26.7 Å². The lowest BCUT2D eigenvalue weighted by atomic mass is 10.3. The maximum Gasteiger partial charge on any atom is 0.355 e. The molecule has 1 unspecified atom stereocenters. The van der Waals surface area contributed by atoms with Gasteiger partial charge in [0.15, 0.2) is 10.8 Å². The Labute approximate surface area is 122 Å². The molecule has 2 aromatic heterocycles. The summed E-state index contributed by atoms with van der Waals surface area (Å²) in [6.07, 6.45) is 0. The number of nitrogens with one attached hydrogen (secondary N) is 1. The molecule has 0 bridgehead atoms. The number of thiazole rings is 2. The number of nitrogen functional groups attached to an aromatic ring is 1. The third kappa shape index (κ3) is 2.94. The summed E-state index contributed by atoms with van der Waals surface area (Å²) < 4.78 is 0. The molecule has 1 amide bonds. The van der Waals surface area contributed by atoms with Crippen LogP contribution in [0.1, 0.15) is 43.8 Å². The molecule has 106 valence electrons. The van der Waals surface area contributed by atoms with Crippen molar-refractivity contribution in [2.24, 2.45) is 0 Å². The standard InChI is InChI=1S/C11H12N4O3S2/c1-4-7(20-11(12)14-4)8(16)13-5(2)9-15-6(3-19-9)10(17)18/h3,5H,1-2H3,(H2,12,14)(H,13,16)(H,17,18). The number of rotatable bonds is 4. The number of carboxylic acid groups (broad SMARTS) is 1. The fourth-order valence-corrected chi connectivity index (χ4v) is 3.07. The van der Waals surface area contributed by atoms with E-state index in [9.17, 15) is 9.59 Å². The zero-order valence-electron chi connectivity index (χ0n) is 10.7. The van der Waals surface area contributed by atoms with Crippen molar-refractivity contribution in [2.45, 2.75) is 19.9 Å². The number of carbonyl (C=O) groups is 2. The van der Waals surface area contributed by atoms with E-state index >= 15 is 0 Å². The second-order valence-electron chi connectivity index (χ2n) is 4.04. The van der Waals surface area contributed by atoms with Crippen LogP contribution in [0.25, 0.3) is 0 Å². The molecule has 0 saturated carbocycles. The zero-order valence-corrected chi connectivity index (χ0v) is 12.3. The van der Waals surface area contributed by atoms with E-state index in [-0.39, 0.29) is 17.6 Å². The Kier molecular flexibility index (Phi) is 4.00. The molecule has 0 aliphatic heterocycles. The van der Waals surface area contributed by atoms with Crippen LogP contribution < -0.4 is 11.1 Å². The molecule has 9 heteroatoms. The number of aromatic nitrogens is 2. The summed E-state index contributed by atoms with van der Waals surface area (Å²) >= 11 is 2.30. The number of aromatic carboxylic acids is 1. The summed E-state index contributed by atoms with van der Waals surface area (Å²) in [6, 6.07) is -0.386. The van der Waals surface area contributed by atoms with E-state index in [1.54, 1.807) is 13.8 Å². The van der Waals surface area contributed by atoms with Gasteiger partial charge < -0.3 is 16.2 Å². The summed E-state index contributed by atoms with van der Waals surface area (Å²) in [5, 5.41) is 13.9. The number of hydrogen-bond donors (Lipinski definition) is 3. The molecule has 4 N–H and O–H groups in total. The molecule has 7 nitrogen and oxygen atoms in total. The lowest BCUT2D eigenvalue weighted by molar-refractivity contribution is 0.0691. The van der Waals surface area contributed by atoms with Crippen LogP contribution in [0.3, 0.4) is 0 Å². The van der Waals surface area contributed by atoms with Crippen molar-refractivity contribution in [3.8, 4) is 0 Å². The number of anilines is 1. The molecule has 2 rings (SSSR count). The maximum absolute atomic E-state index is 12.1.